The third kappa shape index (κ3) is 3.76. The predicted octanol–water partition coefficient (Wildman–Crippen LogP) is 1.01. The van der Waals surface area contributed by atoms with Crippen LogP contribution >= 0.6 is 0 Å². The summed E-state index contributed by atoms with van der Waals surface area (Å²) in [4.78, 5) is 13.9. The summed E-state index contributed by atoms with van der Waals surface area (Å²) in [6.07, 6.45) is 2.55. The molecule has 1 fully saturated rings. The number of hydrogen-bond acceptors (Lipinski definition) is 4. The van der Waals surface area contributed by atoms with Crippen molar-refractivity contribution < 1.29 is 9.53 Å². The van der Waals surface area contributed by atoms with E-state index in [0.29, 0.717) is 13.0 Å². The molecule has 94 valence electrons. The second-order valence-corrected chi connectivity index (χ2v) is 4.60. The summed E-state index contributed by atoms with van der Waals surface area (Å²) in [6, 6.07) is 0. The lowest BCUT2D eigenvalue weighted by Crippen LogP contribution is -2.53. The SMILES string of the molecule is CCNC1(CC(=O)OCC)CCN(C)CC1. The highest BCUT2D eigenvalue weighted by molar-refractivity contribution is 5.71. The summed E-state index contributed by atoms with van der Waals surface area (Å²) in [5.74, 6) is -0.0759. The van der Waals surface area contributed by atoms with Gasteiger partial charge in [0.05, 0.1) is 13.0 Å². The molecular formula is C12H24N2O2. The van der Waals surface area contributed by atoms with Gasteiger partial charge in [0.1, 0.15) is 0 Å². The molecule has 1 rings (SSSR count). The zero-order valence-corrected chi connectivity index (χ0v) is 10.7. The molecule has 0 aromatic rings. The first-order valence-electron chi connectivity index (χ1n) is 6.21. The molecule has 0 aliphatic carbocycles. The zero-order chi connectivity index (χ0) is 12.0. The third-order valence-electron chi connectivity index (χ3n) is 3.28. The average Bonchev–Trinajstić information content (AvgIpc) is 2.23. The summed E-state index contributed by atoms with van der Waals surface area (Å²) >= 11 is 0. The van der Waals surface area contributed by atoms with E-state index in [1.54, 1.807) is 0 Å². The Kier molecular flexibility index (Phi) is 5.22. The van der Waals surface area contributed by atoms with Crippen LogP contribution < -0.4 is 5.32 Å². The molecular weight excluding hydrogens is 204 g/mol. The number of carbonyl (C=O) groups is 1. The fraction of sp³-hybridized carbons (Fsp3) is 0.917. The van der Waals surface area contributed by atoms with Gasteiger partial charge in [0.15, 0.2) is 0 Å². The van der Waals surface area contributed by atoms with Gasteiger partial charge in [-0.25, -0.2) is 0 Å². The molecule has 4 nitrogen and oxygen atoms in total. The van der Waals surface area contributed by atoms with Gasteiger partial charge < -0.3 is 15.0 Å². The van der Waals surface area contributed by atoms with E-state index in [0.717, 1.165) is 32.5 Å². The van der Waals surface area contributed by atoms with E-state index in [2.05, 4.69) is 24.2 Å². The fourth-order valence-electron chi connectivity index (χ4n) is 2.33. The van der Waals surface area contributed by atoms with Crippen LogP contribution in [0.15, 0.2) is 0 Å². The van der Waals surface area contributed by atoms with Crippen molar-refractivity contribution in [1.29, 1.82) is 0 Å². The van der Waals surface area contributed by atoms with Crippen LogP contribution in [0.25, 0.3) is 0 Å². The number of ether oxygens (including phenoxy) is 1. The van der Waals surface area contributed by atoms with E-state index in [9.17, 15) is 4.79 Å². The van der Waals surface area contributed by atoms with Gasteiger partial charge in [0.25, 0.3) is 0 Å². The van der Waals surface area contributed by atoms with Gasteiger partial charge in [-0.05, 0) is 46.4 Å². The van der Waals surface area contributed by atoms with E-state index in [-0.39, 0.29) is 11.5 Å². The highest BCUT2D eigenvalue weighted by Crippen LogP contribution is 2.25. The van der Waals surface area contributed by atoms with Gasteiger partial charge in [-0.15, -0.1) is 0 Å². The van der Waals surface area contributed by atoms with E-state index in [4.69, 9.17) is 4.74 Å². The molecule has 0 bridgehead atoms. The number of hydrogen-bond donors (Lipinski definition) is 1. The lowest BCUT2D eigenvalue weighted by molar-refractivity contribution is -0.145. The highest BCUT2D eigenvalue weighted by atomic mass is 16.5. The van der Waals surface area contributed by atoms with E-state index in [1.807, 2.05) is 6.92 Å². The Labute approximate surface area is 98.3 Å². The maximum Gasteiger partial charge on any atom is 0.307 e. The van der Waals surface area contributed by atoms with Crippen molar-refractivity contribution in [2.45, 2.75) is 38.6 Å². The molecule has 0 radical (unpaired) electrons. The maximum absolute atomic E-state index is 11.6. The monoisotopic (exact) mass is 228 g/mol. The molecule has 4 heteroatoms. The normalized spacial score (nSPS) is 20.7. The quantitative estimate of drug-likeness (QED) is 0.713. The number of nitrogens with one attached hydrogen (secondary N) is 1. The van der Waals surface area contributed by atoms with Crippen molar-refractivity contribution in [2.24, 2.45) is 0 Å². The number of nitrogens with zero attached hydrogens (tertiary/aromatic N) is 1. The second kappa shape index (κ2) is 6.21. The Morgan fingerprint density at radius 3 is 2.50 bits per heavy atom. The molecule has 0 aromatic carbocycles. The first kappa shape index (κ1) is 13.5. The minimum Gasteiger partial charge on any atom is -0.466 e. The van der Waals surface area contributed by atoms with Crippen molar-refractivity contribution in [3.8, 4) is 0 Å². The minimum absolute atomic E-state index is 0.0342. The maximum atomic E-state index is 11.6. The van der Waals surface area contributed by atoms with Gasteiger partial charge in [-0.1, -0.05) is 6.92 Å². The van der Waals surface area contributed by atoms with Gasteiger partial charge in [0.2, 0.25) is 0 Å². The Balaban J connectivity index is 2.55. The van der Waals surface area contributed by atoms with Crippen LogP contribution in [0.2, 0.25) is 0 Å². The molecule has 0 amide bonds. The Hall–Kier alpha value is -0.610. The summed E-state index contributed by atoms with van der Waals surface area (Å²) in [6.45, 7) is 7.42. The molecule has 0 saturated carbocycles. The first-order chi connectivity index (χ1) is 7.62. The Morgan fingerprint density at radius 2 is 2.00 bits per heavy atom. The number of carbonyl (C=O) groups excluding carboxylic acids is 1. The molecule has 1 saturated heterocycles. The van der Waals surface area contributed by atoms with Gasteiger partial charge >= 0.3 is 5.97 Å². The van der Waals surface area contributed by atoms with Crippen LogP contribution in [0.5, 0.6) is 0 Å². The van der Waals surface area contributed by atoms with Crippen LogP contribution in [0.1, 0.15) is 33.1 Å². The standard InChI is InChI=1S/C12H24N2O2/c1-4-13-12(10-11(15)16-5-2)6-8-14(3)9-7-12/h13H,4-10H2,1-3H3. The first-order valence-corrected chi connectivity index (χ1v) is 6.21. The number of piperidine rings is 1. The molecule has 1 heterocycles. The third-order valence-corrected chi connectivity index (χ3v) is 3.28. The average molecular weight is 228 g/mol. The van der Waals surface area contributed by atoms with Crippen LogP contribution in [0.4, 0.5) is 0 Å². The van der Waals surface area contributed by atoms with Crippen molar-refractivity contribution in [3.63, 3.8) is 0 Å². The number of rotatable bonds is 5. The zero-order valence-electron chi connectivity index (χ0n) is 10.7. The Morgan fingerprint density at radius 1 is 1.38 bits per heavy atom. The largest absolute Gasteiger partial charge is 0.466 e. The lowest BCUT2D eigenvalue weighted by Gasteiger charge is -2.40. The van der Waals surface area contributed by atoms with Crippen molar-refractivity contribution in [1.82, 2.24) is 10.2 Å². The summed E-state index contributed by atoms with van der Waals surface area (Å²) in [5, 5.41) is 3.48. The number of likely N-dealkylation sites (tertiary alicyclic amines) is 1. The fourth-order valence-corrected chi connectivity index (χ4v) is 2.33. The summed E-state index contributed by atoms with van der Waals surface area (Å²) < 4.78 is 5.05. The highest BCUT2D eigenvalue weighted by Gasteiger charge is 2.35. The van der Waals surface area contributed by atoms with Crippen LogP contribution in [-0.4, -0.2) is 49.7 Å². The molecule has 0 aromatic heterocycles. The molecule has 16 heavy (non-hydrogen) atoms. The Bertz CT molecular complexity index is 223. The minimum atomic E-state index is -0.0759. The lowest BCUT2D eigenvalue weighted by atomic mass is 9.84. The summed E-state index contributed by atoms with van der Waals surface area (Å²) in [7, 11) is 2.13. The molecule has 1 N–H and O–H groups in total. The second-order valence-electron chi connectivity index (χ2n) is 4.60. The van der Waals surface area contributed by atoms with Gasteiger partial charge in [-0.2, -0.15) is 0 Å². The van der Waals surface area contributed by atoms with Crippen molar-refractivity contribution >= 4 is 5.97 Å². The van der Waals surface area contributed by atoms with Crippen LogP contribution in [0, 0.1) is 0 Å². The number of esters is 1. The van der Waals surface area contributed by atoms with Gasteiger partial charge in [-0.3, -0.25) is 4.79 Å². The van der Waals surface area contributed by atoms with E-state index >= 15 is 0 Å². The van der Waals surface area contributed by atoms with Crippen molar-refractivity contribution in [3.05, 3.63) is 0 Å². The molecule has 1 aliphatic rings. The topological polar surface area (TPSA) is 41.6 Å². The molecule has 0 spiro atoms. The smallest absolute Gasteiger partial charge is 0.307 e. The van der Waals surface area contributed by atoms with E-state index < -0.39 is 0 Å². The summed E-state index contributed by atoms with van der Waals surface area (Å²) in [5.41, 5.74) is -0.0342. The van der Waals surface area contributed by atoms with Gasteiger partial charge in [0, 0.05) is 5.54 Å². The van der Waals surface area contributed by atoms with Crippen LogP contribution in [0.3, 0.4) is 0 Å². The van der Waals surface area contributed by atoms with Crippen LogP contribution in [-0.2, 0) is 9.53 Å². The molecule has 0 unspecified atom stereocenters. The molecule has 1 aliphatic heterocycles. The van der Waals surface area contributed by atoms with E-state index in [1.165, 1.54) is 0 Å². The van der Waals surface area contributed by atoms with Crippen molar-refractivity contribution in [2.75, 3.05) is 33.3 Å². The molecule has 0 atom stereocenters. The predicted molar refractivity (Wildman–Crippen MR) is 64.4 cm³/mol.